The standard InChI is InChI=1S/C13H9ClF3N3OS/c14-9-4-3-7(6-8(9)13(15,16)17)22-11-12(21)20-5-1-2-10(20)18-19-11/h3-4,6H,1-2,5H2. The molecule has 1 aliphatic heterocycles. The topological polar surface area (TPSA) is 47.8 Å². The van der Waals surface area contributed by atoms with Gasteiger partial charge in [-0.25, -0.2) is 0 Å². The molecule has 0 bridgehead atoms. The van der Waals surface area contributed by atoms with Crippen LogP contribution in [0.1, 0.15) is 17.8 Å². The zero-order chi connectivity index (χ0) is 15.9. The second-order valence-corrected chi connectivity index (χ2v) is 6.19. The molecule has 1 aromatic heterocycles. The third kappa shape index (κ3) is 2.85. The minimum absolute atomic E-state index is 0.0566. The summed E-state index contributed by atoms with van der Waals surface area (Å²) in [6.45, 7) is 0.561. The first-order valence-corrected chi connectivity index (χ1v) is 7.57. The molecule has 2 aromatic rings. The summed E-state index contributed by atoms with van der Waals surface area (Å²) in [5.74, 6) is 0.612. The maximum atomic E-state index is 12.8. The van der Waals surface area contributed by atoms with Crippen LogP contribution in [0, 0.1) is 0 Å². The average molecular weight is 348 g/mol. The van der Waals surface area contributed by atoms with E-state index in [-0.39, 0.29) is 20.5 Å². The maximum absolute atomic E-state index is 12.8. The van der Waals surface area contributed by atoms with Crippen molar-refractivity contribution in [2.45, 2.75) is 35.5 Å². The number of benzene rings is 1. The fourth-order valence-corrected chi connectivity index (χ4v) is 3.24. The van der Waals surface area contributed by atoms with Gasteiger partial charge in [-0.05, 0) is 24.6 Å². The normalized spacial score (nSPS) is 14.2. The second kappa shape index (κ2) is 5.58. The fraction of sp³-hybridized carbons (Fsp3) is 0.308. The van der Waals surface area contributed by atoms with Gasteiger partial charge in [-0.2, -0.15) is 13.2 Å². The van der Waals surface area contributed by atoms with Gasteiger partial charge < -0.3 is 0 Å². The van der Waals surface area contributed by atoms with Crippen LogP contribution in [0.2, 0.25) is 5.02 Å². The smallest absolute Gasteiger partial charge is 0.293 e. The number of hydrogen-bond donors (Lipinski definition) is 0. The van der Waals surface area contributed by atoms with Crippen molar-refractivity contribution in [1.29, 1.82) is 0 Å². The first kappa shape index (κ1) is 15.4. The van der Waals surface area contributed by atoms with E-state index in [2.05, 4.69) is 10.2 Å². The highest BCUT2D eigenvalue weighted by molar-refractivity contribution is 7.99. The van der Waals surface area contributed by atoms with Gasteiger partial charge in [0.25, 0.3) is 5.56 Å². The summed E-state index contributed by atoms with van der Waals surface area (Å²) >= 11 is 6.42. The maximum Gasteiger partial charge on any atom is 0.417 e. The molecule has 1 aromatic carbocycles. The number of alkyl halides is 3. The van der Waals surface area contributed by atoms with E-state index in [1.807, 2.05) is 0 Å². The van der Waals surface area contributed by atoms with Gasteiger partial charge in [0.1, 0.15) is 5.82 Å². The molecule has 0 aliphatic carbocycles. The molecule has 0 saturated carbocycles. The molecular weight excluding hydrogens is 339 g/mol. The lowest BCUT2D eigenvalue weighted by atomic mass is 10.2. The lowest BCUT2D eigenvalue weighted by Gasteiger charge is -2.10. The summed E-state index contributed by atoms with van der Waals surface area (Å²) in [5.41, 5.74) is -1.26. The van der Waals surface area contributed by atoms with E-state index in [1.54, 1.807) is 0 Å². The number of aromatic nitrogens is 3. The summed E-state index contributed by atoms with van der Waals surface area (Å²) in [6, 6.07) is 3.48. The van der Waals surface area contributed by atoms with Crippen molar-refractivity contribution in [3.05, 3.63) is 45.0 Å². The van der Waals surface area contributed by atoms with Crippen LogP contribution < -0.4 is 5.56 Å². The largest absolute Gasteiger partial charge is 0.417 e. The number of fused-ring (bicyclic) bond motifs is 1. The molecule has 1 aliphatic rings. The van der Waals surface area contributed by atoms with Gasteiger partial charge in [0.05, 0.1) is 10.6 Å². The van der Waals surface area contributed by atoms with Crippen molar-refractivity contribution in [3.63, 3.8) is 0 Å². The van der Waals surface area contributed by atoms with Crippen molar-refractivity contribution < 1.29 is 13.2 Å². The lowest BCUT2D eigenvalue weighted by Crippen LogP contribution is -2.23. The Morgan fingerprint density at radius 3 is 2.77 bits per heavy atom. The SMILES string of the molecule is O=c1c(Sc2ccc(Cl)c(C(F)(F)F)c2)nnc2n1CCC2. The molecule has 3 rings (SSSR count). The Bertz CT molecular complexity index is 791. The minimum atomic E-state index is -4.55. The molecule has 0 atom stereocenters. The van der Waals surface area contributed by atoms with Crippen molar-refractivity contribution in [1.82, 2.24) is 14.8 Å². The van der Waals surface area contributed by atoms with Gasteiger partial charge in [0, 0.05) is 17.9 Å². The number of hydrogen-bond acceptors (Lipinski definition) is 4. The van der Waals surface area contributed by atoms with Crippen molar-refractivity contribution in [2.24, 2.45) is 0 Å². The van der Waals surface area contributed by atoms with Crippen molar-refractivity contribution >= 4 is 23.4 Å². The van der Waals surface area contributed by atoms with E-state index >= 15 is 0 Å². The molecule has 116 valence electrons. The van der Waals surface area contributed by atoms with E-state index in [0.29, 0.717) is 18.8 Å². The number of halogens is 4. The third-order valence-electron chi connectivity index (χ3n) is 3.24. The van der Waals surface area contributed by atoms with Crippen molar-refractivity contribution in [2.75, 3.05) is 0 Å². The molecule has 4 nitrogen and oxygen atoms in total. The fourth-order valence-electron chi connectivity index (χ4n) is 2.20. The Balaban J connectivity index is 1.96. The number of aryl methyl sites for hydroxylation is 1. The first-order chi connectivity index (χ1) is 10.4. The van der Waals surface area contributed by atoms with Gasteiger partial charge in [-0.1, -0.05) is 23.4 Å². The highest BCUT2D eigenvalue weighted by Crippen LogP contribution is 2.37. The quantitative estimate of drug-likeness (QED) is 0.835. The van der Waals surface area contributed by atoms with Crippen LogP contribution in [0.15, 0.2) is 32.9 Å². The van der Waals surface area contributed by atoms with Gasteiger partial charge in [0.2, 0.25) is 0 Å². The Morgan fingerprint density at radius 1 is 1.27 bits per heavy atom. The van der Waals surface area contributed by atoms with Gasteiger partial charge in [0.15, 0.2) is 5.03 Å². The van der Waals surface area contributed by atoms with Gasteiger partial charge in [-0.3, -0.25) is 9.36 Å². The van der Waals surface area contributed by atoms with Crippen molar-refractivity contribution in [3.8, 4) is 0 Å². The van der Waals surface area contributed by atoms with E-state index < -0.39 is 11.7 Å². The Labute approximate surface area is 132 Å². The van der Waals surface area contributed by atoms with Crippen LogP contribution >= 0.6 is 23.4 Å². The van der Waals surface area contributed by atoms with Gasteiger partial charge in [-0.15, -0.1) is 10.2 Å². The van der Waals surface area contributed by atoms with Crippen LogP contribution in [0.4, 0.5) is 13.2 Å². The minimum Gasteiger partial charge on any atom is -0.293 e. The Kier molecular flexibility index (Phi) is 3.90. The van der Waals surface area contributed by atoms with Crippen LogP contribution in [0.5, 0.6) is 0 Å². The molecule has 0 N–H and O–H groups in total. The summed E-state index contributed by atoms with van der Waals surface area (Å²) in [5, 5.41) is 7.45. The predicted molar refractivity (Wildman–Crippen MR) is 75.2 cm³/mol. The molecule has 0 fully saturated rings. The lowest BCUT2D eigenvalue weighted by molar-refractivity contribution is -0.137. The number of rotatable bonds is 2. The first-order valence-electron chi connectivity index (χ1n) is 6.37. The van der Waals surface area contributed by atoms with E-state index in [4.69, 9.17) is 11.6 Å². The molecule has 22 heavy (non-hydrogen) atoms. The van der Waals surface area contributed by atoms with E-state index in [0.717, 1.165) is 30.3 Å². The van der Waals surface area contributed by atoms with Crippen LogP contribution in [-0.4, -0.2) is 14.8 Å². The molecule has 9 heteroatoms. The molecule has 0 spiro atoms. The van der Waals surface area contributed by atoms with Crippen LogP contribution in [-0.2, 0) is 19.1 Å². The van der Waals surface area contributed by atoms with Crippen LogP contribution in [0.3, 0.4) is 0 Å². The highest BCUT2D eigenvalue weighted by Gasteiger charge is 2.33. The number of nitrogens with zero attached hydrogens (tertiary/aromatic N) is 3. The summed E-state index contributed by atoms with van der Waals surface area (Å²) in [7, 11) is 0. The molecule has 0 saturated heterocycles. The summed E-state index contributed by atoms with van der Waals surface area (Å²) in [4.78, 5) is 12.4. The molecule has 0 amide bonds. The predicted octanol–water partition coefficient (Wildman–Crippen LogP) is 3.41. The monoisotopic (exact) mass is 347 g/mol. The summed E-state index contributed by atoms with van der Waals surface area (Å²) in [6.07, 6.45) is -3.05. The third-order valence-corrected chi connectivity index (χ3v) is 4.50. The zero-order valence-electron chi connectivity index (χ0n) is 11.0. The average Bonchev–Trinajstić information content (AvgIpc) is 2.92. The second-order valence-electron chi connectivity index (χ2n) is 4.72. The molecule has 2 heterocycles. The van der Waals surface area contributed by atoms with Crippen LogP contribution in [0.25, 0.3) is 0 Å². The van der Waals surface area contributed by atoms with E-state index in [9.17, 15) is 18.0 Å². The molecule has 0 unspecified atom stereocenters. The molecular formula is C13H9ClF3N3OS. The van der Waals surface area contributed by atoms with E-state index in [1.165, 1.54) is 10.6 Å². The molecule has 0 radical (unpaired) electrons. The zero-order valence-corrected chi connectivity index (χ0v) is 12.6. The Hall–Kier alpha value is -1.54. The summed E-state index contributed by atoms with van der Waals surface area (Å²) < 4.78 is 40.0. The Morgan fingerprint density at radius 2 is 2.05 bits per heavy atom. The van der Waals surface area contributed by atoms with Gasteiger partial charge >= 0.3 is 6.18 Å². The highest BCUT2D eigenvalue weighted by atomic mass is 35.5.